The van der Waals surface area contributed by atoms with Crippen LogP contribution in [0.1, 0.15) is 29.7 Å². The summed E-state index contributed by atoms with van der Waals surface area (Å²) in [6.07, 6.45) is 0.825. The lowest BCUT2D eigenvalue weighted by Gasteiger charge is -2.38. The molecule has 1 aromatic heterocycles. The van der Waals surface area contributed by atoms with Crippen molar-refractivity contribution >= 4 is 23.4 Å². The topological polar surface area (TPSA) is 102 Å². The lowest BCUT2D eigenvalue weighted by molar-refractivity contribution is -0.125. The minimum Gasteiger partial charge on any atom is -0.493 e. The Morgan fingerprint density at radius 1 is 1.07 bits per heavy atom. The number of aryl methyl sites for hydroxylation is 1. The molecule has 4 bridgehead atoms. The van der Waals surface area contributed by atoms with Crippen LogP contribution in [0.3, 0.4) is 0 Å². The predicted molar refractivity (Wildman–Crippen MR) is 145 cm³/mol. The van der Waals surface area contributed by atoms with Gasteiger partial charge in [0.15, 0.2) is 23.3 Å². The summed E-state index contributed by atoms with van der Waals surface area (Å²) in [4.78, 5) is 27.7. The maximum Gasteiger partial charge on any atom is 0.258 e. The Labute approximate surface area is 236 Å². The van der Waals surface area contributed by atoms with Crippen LogP contribution in [0.25, 0.3) is 0 Å². The number of piperidine rings is 1. The van der Waals surface area contributed by atoms with Gasteiger partial charge in [0.05, 0.1) is 19.7 Å². The third-order valence-corrected chi connectivity index (χ3v) is 7.13. The van der Waals surface area contributed by atoms with Crippen molar-refractivity contribution in [1.82, 2.24) is 15.5 Å². The van der Waals surface area contributed by atoms with E-state index in [-0.39, 0.29) is 31.4 Å². The van der Waals surface area contributed by atoms with Gasteiger partial charge in [-0.2, -0.15) is 0 Å². The van der Waals surface area contributed by atoms with Crippen LogP contribution in [0.5, 0.6) is 17.2 Å². The zero-order valence-corrected chi connectivity index (χ0v) is 22.8. The molecule has 2 aromatic carbocycles. The molecule has 9 nitrogen and oxygen atoms in total. The van der Waals surface area contributed by atoms with E-state index in [0.29, 0.717) is 66.3 Å². The maximum absolute atomic E-state index is 14.5. The monoisotopic (exact) mass is 571 g/mol. The average Bonchev–Trinajstić information content (AvgIpc) is 3.34. The van der Waals surface area contributed by atoms with E-state index in [9.17, 15) is 14.0 Å². The molecule has 1 fully saturated rings. The SMILES string of the molecule is COc1ccc2cc1OCC(=O)N[C@@H]1CN(Cc3ccc(Cl)o3)CC[C@H]1Oc1cc(F)cc(c1)CNC(=O)CC2. The fourth-order valence-corrected chi connectivity index (χ4v) is 5.13. The van der Waals surface area contributed by atoms with E-state index in [1.165, 1.54) is 19.2 Å². The van der Waals surface area contributed by atoms with Crippen molar-refractivity contribution in [2.45, 2.75) is 44.5 Å². The number of nitrogens with zero attached hydrogens (tertiary/aromatic N) is 1. The Morgan fingerprint density at radius 3 is 2.75 bits per heavy atom. The second-order valence-electron chi connectivity index (χ2n) is 9.91. The molecule has 5 rings (SSSR count). The van der Waals surface area contributed by atoms with Gasteiger partial charge in [0.25, 0.3) is 5.91 Å². The number of methoxy groups -OCH3 is 1. The van der Waals surface area contributed by atoms with Crippen LogP contribution in [0, 0.1) is 5.82 Å². The number of furan rings is 1. The predicted octanol–water partition coefficient (Wildman–Crippen LogP) is 3.86. The Hall–Kier alpha value is -3.76. The largest absolute Gasteiger partial charge is 0.493 e. The first-order valence-corrected chi connectivity index (χ1v) is 13.5. The van der Waals surface area contributed by atoms with Crippen molar-refractivity contribution in [3.63, 3.8) is 0 Å². The molecule has 0 aliphatic carbocycles. The lowest BCUT2D eigenvalue weighted by Crippen LogP contribution is -2.57. The van der Waals surface area contributed by atoms with Gasteiger partial charge in [-0.25, -0.2) is 4.39 Å². The van der Waals surface area contributed by atoms with E-state index in [1.807, 2.05) is 12.1 Å². The van der Waals surface area contributed by atoms with E-state index in [2.05, 4.69) is 15.5 Å². The molecule has 2 amide bonds. The fraction of sp³-hybridized carbons (Fsp3) is 0.379. The molecule has 0 spiro atoms. The van der Waals surface area contributed by atoms with E-state index >= 15 is 0 Å². The first-order chi connectivity index (χ1) is 19.3. The Morgan fingerprint density at radius 2 is 1.95 bits per heavy atom. The summed E-state index contributed by atoms with van der Waals surface area (Å²) in [5.41, 5.74) is 1.44. The molecule has 2 N–H and O–H groups in total. The third kappa shape index (κ3) is 7.25. The van der Waals surface area contributed by atoms with Crippen molar-refractivity contribution < 1.29 is 32.6 Å². The summed E-state index contributed by atoms with van der Waals surface area (Å²) in [6, 6.07) is 12.8. The van der Waals surface area contributed by atoms with Crippen LogP contribution in [-0.4, -0.2) is 55.7 Å². The van der Waals surface area contributed by atoms with E-state index in [4.69, 9.17) is 30.2 Å². The van der Waals surface area contributed by atoms with Crippen molar-refractivity contribution in [3.05, 3.63) is 76.5 Å². The van der Waals surface area contributed by atoms with Gasteiger partial charge in [0.2, 0.25) is 5.91 Å². The van der Waals surface area contributed by atoms with Gasteiger partial charge in [-0.3, -0.25) is 14.5 Å². The van der Waals surface area contributed by atoms with Crippen molar-refractivity contribution in [2.75, 3.05) is 26.8 Å². The molecule has 212 valence electrons. The lowest BCUT2D eigenvalue weighted by atomic mass is 10.0. The van der Waals surface area contributed by atoms with Gasteiger partial charge in [0.1, 0.15) is 23.4 Å². The highest BCUT2D eigenvalue weighted by molar-refractivity contribution is 6.28. The third-order valence-electron chi connectivity index (χ3n) is 6.92. The molecule has 2 aliphatic rings. The zero-order chi connectivity index (χ0) is 28.1. The Balaban J connectivity index is 1.39. The molecule has 2 aliphatic heterocycles. The molecule has 0 unspecified atom stereocenters. The minimum absolute atomic E-state index is 0.161. The molecule has 0 saturated carbocycles. The van der Waals surface area contributed by atoms with Crippen LogP contribution in [0.4, 0.5) is 4.39 Å². The highest BCUT2D eigenvalue weighted by Crippen LogP contribution is 2.29. The number of rotatable bonds is 3. The number of carbonyl (C=O) groups excluding carboxylic acids is 2. The Bertz CT molecular complexity index is 1370. The van der Waals surface area contributed by atoms with Gasteiger partial charge >= 0.3 is 0 Å². The summed E-state index contributed by atoms with van der Waals surface area (Å²) in [5, 5.41) is 6.20. The van der Waals surface area contributed by atoms with Crippen molar-refractivity contribution in [2.24, 2.45) is 0 Å². The number of carbonyl (C=O) groups is 2. The molecular formula is C29H31ClFN3O6. The van der Waals surface area contributed by atoms with E-state index in [1.54, 1.807) is 24.3 Å². The normalized spacial score (nSPS) is 20.6. The number of hydrogen-bond donors (Lipinski definition) is 2. The van der Waals surface area contributed by atoms with Crippen molar-refractivity contribution in [3.8, 4) is 17.2 Å². The van der Waals surface area contributed by atoms with Crippen LogP contribution in [-0.2, 0) is 29.1 Å². The average molecular weight is 572 g/mol. The number of ether oxygens (including phenoxy) is 3. The van der Waals surface area contributed by atoms with Gasteiger partial charge in [-0.15, -0.1) is 0 Å². The molecular weight excluding hydrogens is 541 g/mol. The number of halogens is 2. The molecule has 11 heteroatoms. The number of amides is 2. The van der Waals surface area contributed by atoms with Crippen molar-refractivity contribution in [1.29, 1.82) is 0 Å². The molecule has 0 radical (unpaired) electrons. The number of nitrogens with one attached hydrogen (secondary N) is 2. The number of fused-ring (bicyclic) bond motifs is 5. The van der Waals surface area contributed by atoms with E-state index in [0.717, 1.165) is 5.56 Å². The minimum atomic E-state index is -0.469. The first kappa shape index (κ1) is 27.8. The summed E-state index contributed by atoms with van der Waals surface area (Å²) in [5.74, 6) is 0.959. The molecule has 2 atom stereocenters. The second kappa shape index (κ2) is 12.6. The highest BCUT2D eigenvalue weighted by Gasteiger charge is 2.33. The number of likely N-dealkylation sites (tertiary alicyclic amines) is 1. The summed E-state index contributed by atoms with van der Waals surface area (Å²) in [6.45, 7) is 1.55. The van der Waals surface area contributed by atoms with Gasteiger partial charge in [-0.05, 0) is 72.0 Å². The number of hydrogen-bond acceptors (Lipinski definition) is 7. The highest BCUT2D eigenvalue weighted by atomic mass is 35.5. The zero-order valence-electron chi connectivity index (χ0n) is 22.1. The van der Waals surface area contributed by atoms with Gasteiger partial charge in [0, 0.05) is 32.1 Å². The van der Waals surface area contributed by atoms with Crippen LogP contribution >= 0.6 is 11.6 Å². The van der Waals surface area contributed by atoms with Crippen LogP contribution < -0.4 is 24.8 Å². The maximum atomic E-state index is 14.5. The van der Waals surface area contributed by atoms with Crippen LogP contribution in [0.2, 0.25) is 5.22 Å². The van der Waals surface area contributed by atoms with Crippen LogP contribution in [0.15, 0.2) is 52.9 Å². The molecule has 3 heterocycles. The summed E-state index contributed by atoms with van der Waals surface area (Å²) in [7, 11) is 1.52. The standard InChI is InChI=1S/C29H31ClFN3O6/c1-37-25-5-2-18-3-7-28(35)32-14-19-10-20(31)13-22(11-19)39-24-8-9-34(15-21-4-6-27(30)40-21)16-23(24)33-29(36)17-38-26(25)12-18/h2,4-6,10-13,23-24H,3,7-9,14-17H2,1H3,(H,32,35)(H,33,36)/t23-,24-/m1/s1. The Kier molecular flexibility index (Phi) is 8.76. The smallest absolute Gasteiger partial charge is 0.258 e. The molecule has 40 heavy (non-hydrogen) atoms. The first-order valence-electron chi connectivity index (χ1n) is 13.1. The summed E-state index contributed by atoms with van der Waals surface area (Å²) >= 11 is 5.94. The second-order valence-corrected chi connectivity index (χ2v) is 10.3. The fourth-order valence-electron chi connectivity index (χ4n) is 4.97. The summed E-state index contributed by atoms with van der Waals surface area (Å²) < 4.78 is 37.5. The van der Waals surface area contributed by atoms with E-state index < -0.39 is 18.0 Å². The number of benzene rings is 2. The quantitative estimate of drug-likeness (QED) is 0.492. The molecule has 1 saturated heterocycles. The molecule has 3 aromatic rings. The van der Waals surface area contributed by atoms with Gasteiger partial charge < -0.3 is 29.3 Å². The van der Waals surface area contributed by atoms with Gasteiger partial charge in [-0.1, -0.05) is 6.07 Å².